The molecule has 2 aliphatic carbocycles. The lowest BCUT2D eigenvalue weighted by Gasteiger charge is -2.43. The van der Waals surface area contributed by atoms with Gasteiger partial charge in [-0.2, -0.15) is 0 Å². The van der Waals surface area contributed by atoms with Crippen molar-refractivity contribution in [2.45, 2.75) is 29.5 Å². The van der Waals surface area contributed by atoms with Crippen molar-refractivity contribution in [2.75, 3.05) is 30.5 Å². The summed E-state index contributed by atoms with van der Waals surface area (Å²) in [6, 6.07) is 19.5. The van der Waals surface area contributed by atoms with Crippen LogP contribution < -0.4 is 29.3 Å². The van der Waals surface area contributed by atoms with E-state index in [0.717, 1.165) is 21.9 Å². The summed E-state index contributed by atoms with van der Waals surface area (Å²) in [7, 11) is 1.58. The van der Waals surface area contributed by atoms with Crippen LogP contribution in [0.3, 0.4) is 0 Å². The highest BCUT2D eigenvalue weighted by molar-refractivity contribution is 8.00. The zero-order valence-corrected chi connectivity index (χ0v) is 28.9. The number of H-pyrrole nitrogens is 1. The van der Waals surface area contributed by atoms with Gasteiger partial charge in [0, 0.05) is 26.8 Å². The molecule has 4 unspecified atom stereocenters. The van der Waals surface area contributed by atoms with Gasteiger partial charge < -0.3 is 24.5 Å². The smallest absolute Gasteiger partial charge is 0.305 e. The molecule has 8 rings (SSSR count). The minimum absolute atomic E-state index is 0.00372. The van der Waals surface area contributed by atoms with Crippen LogP contribution in [0.25, 0.3) is 0 Å². The summed E-state index contributed by atoms with van der Waals surface area (Å²) in [6.45, 7) is 2.02. The molecular weight excluding hydrogens is 686 g/mol. The first-order chi connectivity index (χ1) is 23.7. The average molecular weight is 718 g/mol. The third-order valence-corrected chi connectivity index (χ3v) is 13.0. The Morgan fingerprint density at radius 3 is 2.41 bits per heavy atom. The van der Waals surface area contributed by atoms with Gasteiger partial charge in [0.05, 0.1) is 36.3 Å². The lowest BCUT2D eigenvalue weighted by atomic mass is 9.68. The van der Waals surface area contributed by atoms with Gasteiger partial charge in [-0.15, -0.1) is 11.8 Å². The highest BCUT2D eigenvalue weighted by Gasteiger charge is 2.69. The number of aromatic nitrogens is 1. The van der Waals surface area contributed by atoms with E-state index in [1.165, 1.54) is 16.2 Å². The van der Waals surface area contributed by atoms with E-state index in [0.29, 0.717) is 40.3 Å². The minimum atomic E-state index is -0.423. The topological polar surface area (TPSA) is 127 Å². The number of methoxy groups -OCH3 is 1. The molecule has 252 valence electrons. The predicted octanol–water partition coefficient (Wildman–Crippen LogP) is 6.19. The van der Waals surface area contributed by atoms with Crippen LogP contribution in [0.15, 0.2) is 76.6 Å². The van der Waals surface area contributed by atoms with Crippen LogP contribution in [0.5, 0.6) is 17.2 Å². The Hall–Kier alpha value is -4.26. The number of thioether (sulfide) groups is 1. The van der Waals surface area contributed by atoms with Crippen LogP contribution in [-0.4, -0.2) is 48.3 Å². The fraction of sp³-hybridized carbons (Fsp3) is 0.333. The first-order valence-corrected chi connectivity index (χ1v) is 18.2. The van der Waals surface area contributed by atoms with Crippen molar-refractivity contribution in [1.82, 2.24) is 4.98 Å². The van der Waals surface area contributed by atoms with Gasteiger partial charge in [-0.05, 0) is 97.3 Å². The van der Waals surface area contributed by atoms with Crippen molar-refractivity contribution in [3.8, 4) is 17.2 Å². The molecule has 0 radical (unpaired) electrons. The van der Waals surface area contributed by atoms with E-state index in [-0.39, 0.29) is 58.1 Å². The number of ether oxygens (including phenoxy) is 3. The van der Waals surface area contributed by atoms with Crippen molar-refractivity contribution >= 4 is 63.8 Å². The largest absolute Gasteiger partial charge is 0.497 e. The fourth-order valence-electron chi connectivity index (χ4n) is 8.36. The number of aromatic amines is 1. The summed E-state index contributed by atoms with van der Waals surface area (Å²) in [4.78, 5) is 58.6. The number of thiazole rings is 1. The summed E-state index contributed by atoms with van der Waals surface area (Å²) >= 11 is 8.94. The molecule has 4 aromatic rings. The van der Waals surface area contributed by atoms with E-state index in [1.807, 2.05) is 19.1 Å². The van der Waals surface area contributed by atoms with E-state index in [4.69, 9.17) is 25.8 Å². The maximum Gasteiger partial charge on any atom is 0.305 e. The van der Waals surface area contributed by atoms with Crippen LogP contribution in [0.1, 0.15) is 29.7 Å². The predicted molar refractivity (Wildman–Crippen MR) is 187 cm³/mol. The average Bonchev–Trinajstić information content (AvgIpc) is 3.84. The minimum Gasteiger partial charge on any atom is -0.497 e. The summed E-state index contributed by atoms with van der Waals surface area (Å²) in [5, 5.41) is 4.22. The first-order valence-electron chi connectivity index (χ1n) is 16.1. The SMILES string of the molecule is CCOc1cc([C@H]2c3sc(=O)[nH]c3SC3C2[C@H]2C[C@@H]3C3C(=O)N(c4ccc(Cl)cc4)C(=O)C32)ccc1OCC(=O)Nc1ccc(OC)cc1. The van der Waals surface area contributed by atoms with Gasteiger partial charge in [0.1, 0.15) is 5.75 Å². The van der Waals surface area contributed by atoms with E-state index >= 15 is 0 Å². The Bertz CT molecular complexity index is 2010. The lowest BCUT2D eigenvalue weighted by Crippen LogP contribution is -2.42. The molecule has 3 aromatic carbocycles. The maximum absolute atomic E-state index is 14.0. The number of anilines is 2. The van der Waals surface area contributed by atoms with Crippen LogP contribution >= 0.6 is 34.7 Å². The molecule has 1 saturated heterocycles. The number of hydrogen-bond donors (Lipinski definition) is 2. The molecule has 3 fully saturated rings. The number of carbonyl (C=O) groups is 3. The molecule has 3 amide bonds. The molecule has 2 N–H and O–H groups in total. The van der Waals surface area contributed by atoms with E-state index in [1.54, 1.807) is 73.5 Å². The second-order valence-electron chi connectivity index (χ2n) is 12.7. The maximum atomic E-state index is 14.0. The fourth-order valence-corrected chi connectivity index (χ4v) is 11.4. The summed E-state index contributed by atoms with van der Waals surface area (Å²) in [5.41, 5.74) is 2.09. The number of halogens is 1. The van der Waals surface area contributed by atoms with Gasteiger partial charge in [0.2, 0.25) is 11.8 Å². The highest BCUT2D eigenvalue weighted by atomic mass is 35.5. The Morgan fingerprint density at radius 2 is 1.69 bits per heavy atom. The molecule has 7 atom stereocenters. The molecule has 10 nitrogen and oxygen atoms in total. The Labute approximate surface area is 295 Å². The van der Waals surface area contributed by atoms with Crippen molar-refractivity contribution in [2.24, 2.45) is 29.6 Å². The number of fused-ring (bicyclic) bond motifs is 9. The number of imide groups is 1. The molecule has 3 heterocycles. The van der Waals surface area contributed by atoms with Gasteiger partial charge in [-0.1, -0.05) is 29.0 Å². The molecular formula is C36H32ClN3O7S2. The summed E-state index contributed by atoms with van der Waals surface area (Å²) < 4.78 is 17.2. The van der Waals surface area contributed by atoms with Gasteiger partial charge in [0.25, 0.3) is 5.91 Å². The van der Waals surface area contributed by atoms with Gasteiger partial charge >= 0.3 is 4.87 Å². The first kappa shape index (κ1) is 32.0. The van der Waals surface area contributed by atoms with Crippen LogP contribution in [0, 0.1) is 29.6 Å². The van der Waals surface area contributed by atoms with E-state index in [2.05, 4.69) is 10.3 Å². The van der Waals surface area contributed by atoms with Gasteiger partial charge in [-0.3, -0.25) is 24.1 Å². The zero-order chi connectivity index (χ0) is 34.0. The Kier molecular flexibility index (Phi) is 8.20. The van der Waals surface area contributed by atoms with Crippen molar-refractivity contribution < 1.29 is 28.6 Å². The molecule has 49 heavy (non-hydrogen) atoms. The van der Waals surface area contributed by atoms with Crippen LogP contribution in [0.2, 0.25) is 5.02 Å². The number of nitrogens with zero attached hydrogens (tertiary/aromatic N) is 1. The van der Waals surface area contributed by atoms with Gasteiger partial charge in [0.15, 0.2) is 18.1 Å². The molecule has 4 aliphatic rings. The zero-order valence-electron chi connectivity index (χ0n) is 26.5. The molecule has 1 aromatic heterocycles. The van der Waals surface area contributed by atoms with Gasteiger partial charge in [-0.25, -0.2) is 0 Å². The molecule has 0 spiro atoms. The van der Waals surface area contributed by atoms with Crippen LogP contribution in [-0.2, 0) is 14.4 Å². The number of nitrogens with one attached hydrogen (secondary N) is 2. The number of benzene rings is 3. The second kappa shape index (κ2) is 12.6. The standard InChI is InChI=1S/C36H32ClN3O7S2/c1-3-46-25-14-17(4-13-24(25)47-16-26(41)38-19-7-11-21(45-2)12-8-19)27-28-22-15-23(31(28)48-33-32(27)49-36(44)39-33)30-29(22)34(42)40(35(30)43)20-9-5-18(37)6-10-20/h4-14,22-23,27-31H,3,15-16H2,1-2H3,(H,38,41)(H,39,44)/t22-,23-,27-,28?,29?,30?,31?/m1/s1. The normalized spacial score (nSPS) is 26.3. The summed E-state index contributed by atoms with van der Waals surface area (Å²) in [5.74, 6) is -0.0817. The second-order valence-corrected chi connectivity index (χ2v) is 15.3. The van der Waals surface area contributed by atoms with E-state index < -0.39 is 11.8 Å². The number of amides is 3. The highest BCUT2D eigenvalue weighted by Crippen LogP contribution is 2.68. The third-order valence-electron chi connectivity index (χ3n) is 10.2. The monoisotopic (exact) mass is 717 g/mol. The Balaban J connectivity index is 1.08. The molecule has 2 aliphatic heterocycles. The number of carbonyl (C=O) groups excluding carboxylic acids is 3. The number of rotatable bonds is 9. The molecule has 13 heteroatoms. The third kappa shape index (κ3) is 5.40. The molecule has 2 saturated carbocycles. The van der Waals surface area contributed by atoms with Crippen LogP contribution in [0.4, 0.5) is 11.4 Å². The Morgan fingerprint density at radius 1 is 0.959 bits per heavy atom. The molecule has 2 bridgehead atoms. The van der Waals surface area contributed by atoms with E-state index in [9.17, 15) is 19.2 Å². The quantitative estimate of drug-likeness (QED) is 0.196. The van der Waals surface area contributed by atoms with Crippen molar-refractivity contribution in [3.63, 3.8) is 0 Å². The summed E-state index contributed by atoms with van der Waals surface area (Å²) in [6.07, 6.45) is 0.780. The van der Waals surface area contributed by atoms with Crippen molar-refractivity contribution in [3.05, 3.63) is 91.9 Å². The number of hydrogen-bond acceptors (Lipinski definition) is 9. The van der Waals surface area contributed by atoms with Crippen molar-refractivity contribution in [1.29, 1.82) is 0 Å². The lowest BCUT2D eigenvalue weighted by molar-refractivity contribution is -0.123.